The molecule has 0 radical (unpaired) electrons. The Kier molecular flexibility index (Phi) is 8.62. The number of rotatable bonds is 7. The zero-order valence-electron chi connectivity index (χ0n) is 31.0. The first-order valence-corrected chi connectivity index (χ1v) is 17.7. The molecule has 2 aliphatic rings. The molecule has 0 saturated carbocycles. The van der Waals surface area contributed by atoms with Crippen LogP contribution in [0.5, 0.6) is 161 Å². The van der Waals surface area contributed by atoms with Gasteiger partial charge in [0, 0.05) is 72.8 Å². The van der Waals surface area contributed by atoms with E-state index >= 15 is 0 Å². The Morgan fingerprint density at radius 1 is 0.238 bits per heavy atom. The predicted octanol–water partition coefficient (Wildman–Crippen LogP) is 8.40. The van der Waals surface area contributed by atoms with Crippen molar-refractivity contribution in [3.63, 3.8) is 0 Å². The van der Waals surface area contributed by atoms with Gasteiger partial charge in [-0.2, -0.15) is 0 Å². The van der Waals surface area contributed by atoms with Gasteiger partial charge in [-0.1, -0.05) is 0 Å². The van der Waals surface area contributed by atoms with Crippen LogP contribution in [0.4, 0.5) is 0 Å². The molecule has 0 spiro atoms. The van der Waals surface area contributed by atoms with E-state index < -0.39 is 155 Å². The molecule has 14 N–H and O–H groups in total. The molecule has 0 fully saturated rings. The number of benzene rings is 7. The molecule has 2 heterocycles. The molecule has 7 aromatic rings. The Morgan fingerprint density at radius 3 is 0.937 bits per heavy atom. The van der Waals surface area contributed by atoms with Crippen LogP contribution in [-0.4, -0.2) is 71.5 Å². The number of hydrogen-bond donors (Lipinski definition) is 14. The van der Waals surface area contributed by atoms with Crippen LogP contribution in [0.25, 0.3) is 11.1 Å². The number of aromatic hydroxyl groups is 14. The molecule has 320 valence electrons. The molecule has 21 heteroatoms. The molecule has 9 rings (SSSR count). The van der Waals surface area contributed by atoms with Crippen LogP contribution in [0.15, 0.2) is 72.8 Å². The van der Waals surface area contributed by atoms with Crippen molar-refractivity contribution in [1.82, 2.24) is 0 Å². The van der Waals surface area contributed by atoms with E-state index in [4.69, 9.17) is 33.2 Å². The van der Waals surface area contributed by atoms with E-state index in [-0.39, 0.29) is 17.2 Å². The summed E-state index contributed by atoms with van der Waals surface area (Å²) in [7, 11) is 0. The molecule has 2 aliphatic heterocycles. The average molecular weight is 867 g/mol. The molecule has 0 saturated heterocycles. The molecular weight excluding hydrogens is 840 g/mol. The van der Waals surface area contributed by atoms with Crippen molar-refractivity contribution in [3.05, 3.63) is 72.8 Å². The highest BCUT2D eigenvalue weighted by Crippen LogP contribution is 2.68. The first-order chi connectivity index (χ1) is 29.9. The number of phenols is 14. The Balaban J connectivity index is 1.12. The first kappa shape index (κ1) is 38.8. The maximum atomic E-state index is 11.3. The van der Waals surface area contributed by atoms with Gasteiger partial charge in [-0.25, -0.2) is 0 Å². The smallest absolute Gasteiger partial charge is 0.220 e. The van der Waals surface area contributed by atoms with Crippen molar-refractivity contribution >= 4 is 0 Å². The lowest BCUT2D eigenvalue weighted by molar-refractivity contribution is 0.296. The summed E-state index contributed by atoms with van der Waals surface area (Å²) in [5, 5.41) is 149. The quantitative estimate of drug-likeness (QED) is 0.0714. The molecule has 0 aromatic heterocycles. The first-order valence-electron chi connectivity index (χ1n) is 17.7. The van der Waals surface area contributed by atoms with Gasteiger partial charge < -0.3 is 105 Å². The summed E-state index contributed by atoms with van der Waals surface area (Å²) in [5.41, 5.74) is -1.10. The molecule has 0 bridgehead atoms. The van der Waals surface area contributed by atoms with Gasteiger partial charge in [0.15, 0.2) is 57.5 Å². The topological polar surface area (TPSA) is 348 Å². The summed E-state index contributed by atoms with van der Waals surface area (Å²) in [6.07, 6.45) is 0. The van der Waals surface area contributed by atoms with Crippen molar-refractivity contribution in [2.24, 2.45) is 0 Å². The van der Waals surface area contributed by atoms with Crippen LogP contribution >= 0.6 is 0 Å². The highest BCUT2D eigenvalue weighted by Gasteiger charge is 2.40. The maximum absolute atomic E-state index is 11.3. The van der Waals surface area contributed by atoms with E-state index in [1.165, 1.54) is 0 Å². The molecule has 63 heavy (non-hydrogen) atoms. The maximum Gasteiger partial charge on any atom is 0.220 e. The Morgan fingerprint density at radius 2 is 0.524 bits per heavy atom. The average Bonchev–Trinajstić information content (AvgIpc) is 3.19. The largest absolute Gasteiger partial charge is 0.508 e. The standard InChI is InChI=1S/C42H26O21/c43-13-1-14(44)3-17(2-13)58-35-26(53)11-28(55)37-41(35)62-33-24(51)9-20(47)30(39(33)60-37)31-21(48)10-25(52)34-40(31)61-38-29(56)12-27(54)36(42(38)63-34)59-19-5-15(45)4-18(8-19)57-32-22(49)6-16(46)7-23(32)50/h1-12,43-56H. The van der Waals surface area contributed by atoms with Crippen molar-refractivity contribution in [2.45, 2.75) is 0 Å². The van der Waals surface area contributed by atoms with Crippen molar-refractivity contribution in [1.29, 1.82) is 0 Å². The lowest BCUT2D eigenvalue weighted by atomic mass is 9.98. The molecule has 0 amide bonds. The van der Waals surface area contributed by atoms with Crippen LogP contribution in [0.3, 0.4) is 0 Å². The van der Waals surface area contributed by atoms with Gasteiger partial charge in [-0.3, -0.25) is 0 Å². The summed E-state index contributed by atoms with van der Waals surface area (Å²) < 4.78 is 40.8. The van der Waals surface area contributed by atoms with Gasteiger partial charge >= 0.3 is 0 Å². The second-order valence-corrected chi connectivity index (χ2v) is 13.6. The molecule has 21 nitrogen and oxygen atoms in total. The fourth-order valence-electron chi connectivity index (χ4n) is 6.63. The number of hydrogen-bond acceptors (Lipinski definition) is 21. The monoisotopic (exact) mass is 866 g/mol. The number of ether oxygens (including phenoxy) is 7. The Hall–Kier alpha value is -9.66. The molecular formula is C42H26O21. The van der Waals surface area contributed by atoms with Gasteiger partial charge in [-0.05, 0) is 0 Å². The number of fused-ring (bicyclic) bond motifs is 4. The normalized spacial score (nSPS) is 11.9. The highest BCUT2D eigenvalue weighted by atomic mass is 16.6. The van der Waals surface area contributed by atoms with Crippen LogP contribution in [0.2, 0.25) is 0 Å². The summed E-state index contributed by atoms with van der Waals surface area (Å²) in [5.74, 6) is -16.9. The van der Waals surface area contributed by atoms with Crippen molar-refractivity contribution in [3.8, 4) is 172 Å². The van der Waals surface area contributed by atoms with E-state index in [9.17, 15) is 71.5 Å². The summed E-state index contributed by atoms with van der Waals surface area (Å²) in [6.45, 7) is 0. The minimum absolute atomic E-state index is 0.225. The zero-order chi connectivity index (χ0) is 44.8. The highest BCUT2D eigenvalue weighted by molar-refractivity contribution is 5.93. The van der Waals surface area contributed by atoms with E-state index in [0.29, 0.717) is 0 Å². The summed E-state index contributed by atoms with van der Waals surface area (Å²) >= 11 is 0. The van der Waals surface area contributed by atoms with Gasteiger partial charge in [0.25, 0.3) is 0 Å². The second kappa shape index (κ2) is 14.0. The van der Waals surface area contributed by atoms with E-state index in [1.54, 1.807) is 0 Å². The SMILES string of the molecule is Oc1cc(O)cc(Oc2c(O)cc(O)c3c2Oc2c(O)cc(O)c(-c4c(O)cc(O)c5c4Oc4c(O)cc(O)c(Oc6cc(O)cc(Oc7c(O)cc(O)cc7O)c6)c4O5)c2O3)c1. The van der Waals surface area contributed by atoms with Crippen LogP contribution in [0.1, 0.15) is 0 Å². The Labute approximate surface area is 349 Å². The van der Waals surface area contributed by atoms with E-state index in [2.05, 4.69) is 0 Å². The van der Waals surface area contributed by atoms with Crippen molar-refractivity contribution < 1.29 is 105 Å². The lowest BCUT2D eigenvalue weighted by Crippen LogP contribution is -2.06. The van der Waals surface area contributed by atoms with E-state index in [1.807, 2.05) is 0 Å². The van der Waals surface area contributed by atoms with Gasteiger partial charge in [0.2, 0.25) is 51.7 Å². The minimum atomic E-state index is -0.841. The zero-order valence-corrected chi connectivity index (χ0v) is 31.0. The summed E-state index contributed by atoms with van der Waals surface area (Å²) in [4.78, 5) is 0. The number of phenolic OH excluding ortho intramolecular Hbond substituents is 14. The fourth-order valence-corrected chi connectivity index (χ4v) is 6.63. The van der Waals surface area contributed by atoms with Crippen LogP contribution in [-0.2, 0) is 0 Å². The Bertz CT molecular complexity index is 3060. The third-order valence-electron chi connectivity index (χ3n) is 9.19. The summed E-state index contributed by atoms with van der Waals surface area (Å²) in [6, 6.07) is 11.1. The fraction of sp³-hybridized carbons (Fsp3) is 0. The molecule has 0 atom stereocenters. The van der Waals surface area contributed by atoms with E-state index in [0.717, 1.165) is 72.8 Å². The van der Waals surface area contributed by atoms with Crippen LogP contribution < -0.4 is 33.2 Å². The molecule has 0 aliphatic carbocycles. The molecule has 0 unspecified atom stereocenters. The minimum Gasteiger partial charge on any atom is -0.508 e. The van der Waals surface area contributed by atoms with Gasteiger partial charge in [0.05, 0.1) is 11.1 Å². The third kappa shape index (κ3) is 6.55. The second-order valence-electron chi connectivity index (χ2n) is 13.6. The predicted molar refractivity (Wildman–Crippen MR) is 208 cm³/mol. The van der Waals surface area contributed by atoms with Gasteiger partial charge in [-0.15, -0.1) is 0 Å². The third-order valence-corrected chi connectivity index (χ3v) is 9.19. The van der Waals surface area contributed by atoms with Gasteiger partial charge in [0.1, 0.15) is 51.7 Å². The van der Waals surface area contributed by atoms with Crippen LogP contribution in [0, 0.1) is 0 Å². The molecule has 7 aromatic carbocycles. The van der Waals surface area contributed by atoms with Crippen molar-refractivity contribution in [2.75, 3.05) is 0 Å². The lowest BCUT2D eigenvalue weighted by Gasteiger charge is -2.29.